The number of esters is 1. The summed E-state index contributed by atoms with van der Waals surface area (Å²) in [7, 11) is 0. The van der Waals surface area contributed by atoms with E-state index in [-0.39, 0.29) is 16.8 Å². The van der Waals surface area contributed by atoms with E-state index in [4.69, 9.17) is 9.47 Å². The van der Waals surface area contributed by atoms with E-state index in [1.807, 2.05) is 0 Å². The quantitative estimate of drug-likeness (QED) is 0.442. The molecule has 0 radical (unpaired) electrons. The average Bonchev–Trinajstić information content (AvgIpc) is 2.51. The fourth-order valence-electron chi connectivity index (χ4n) is 0.934. The van der Waals surface area contributed by atoms with Crippen LogP contribution in [-0.4, -0.2) is 29.2 Å². The molecule has 0 bridgehead atoms. The van der Waals surface area contributed by atoms with Crippen LogP contribution in [0.5, 0.6) is 0 Å². The molecule has 0 aromatic heterocycles. The number of hydrogen-bond acceptors (Lipinski definition) is 5. The smallest absolute Gasteiger partial charge is 0.330 e. The molecule has 5 heteroatoms. The first kappa shape index (κ1) is 10.9. The number of rotatable bonds is 4. The summed E-state index contributed by atoms with van der Waals surface area (Å²) in [5.74, 6) is 0.535. The number of hydrogen-bond donors (Lipinski definition) is 1. The Bertz CT molecular complexity index is 196. The van der Waals surface area contributed by atoms with Crippen LogP contribution in [0, 0.1) is 0 Å². The fraction of sp³-hybridized carbons (Fsp3) is 0.625. The van der Waals surface area contributed by atoms with Gasteiger partial charge in [-0.25, -0.2) is 4.79 Å². The third-order valence-corrected chi connectivity index (χ3v) is 3.11. The first-order chi connectivity index (χ1) is 6.22. The van der Waals surface area contributed by atoms with Crippen molar-refractivity contribution in [3.05, 3.63) is 12.7 Å². The first-order valence-electron chi connectivity index (χ1n) is 3.96. The van der Waals surface area contributed by atoms with Gasteiger partial charge in [-0.1, -0.05) is 6.58 Å². The van der Waals surface area contributed by atoms with Crippen LogP contribution < -0.4 is 0 Å². The Balaban J connectivity index is 2.06. The normalized spacial score (nSPS) is 27.2. The van der Waals surface area contributed by atoms with Gasteiger partial charge in [-0.05, 0) is 0 Å². The Morgan fingerprint density at radius 2 is 2.62 bits per heavy atom. The van der Waals surface area contributed by atoms with E-state index in [9.17, 15) is 4.79 Å². The summed E-state index contributed by atoms with van der Waals surface area (Å²) < 4.78 is 10.2. The third-order valence-electron chi connectivity index (χ3n) is 1.58. The first-order valence-corrected chi connectivity index (χ1v) is 5.53. The van der Waals surface area contributed by atoms with Crippen molar-refractivity contribution in [2.45, 2.75) is 17.3 Å². The molecule has 1 heterocycles. The molecule has 13 heavy (non-hydrogen) atoms. The molecule has 0 aromatic carbocycles. The summed E-state index contributed by atoms with van der Waals surface area (Å²) in [5, 5.41) is 0. The summed E-state index contributed by atoms with van der Waals surface area (Å²) >= 11 is 5.80. The van der Waals surface area contributed by atoms with Crippen molar-refractivity contribution in [3.63, 3.8) is 0 Å². The standard InChI is InChI=1S/C8H12O3S2/c1-2-7(9)10-4-3-6-5-13-8(12)11-6/h2,6,8,12H,1,3-5H2. The highest BCUT2D eigenvalue weighted by Gasteiger charge is 2.22. The van der Waals surface area contributed by atoms with Crippen molar-refractivity contribution < 1.29 is 14.3 Å². The Kier molecular flexibility index (Phi) is 4.69. The zero-order valence-corrected chi connectivity index (χ0v) is 8.85. The molecule has 0 aliphatic carbocycles. The summed E-state index contributed by atoms with van der Waals surface area (Å²) in [6.45, 7) is 3.69. The lowest BCUT2D eigenvalue weighted by Crippen LogP contribution is -2.14. The maximum Gasteiger partial charge on any atom is 0.330 e. The Hall–Kier alpha value is -0.130. The zero-order chi connectivity index (χ0) is 9.68. The van der Waals surface area contributed by atoms with Gasteiger partial charge < -0.3 is 9.47 Å². The number of carbonyl (C=O) groups is 1. The van der Waals surface area contributed by atoms with Crippen molar-refractivity contribution in [1.29, 1.82) is 0 Å². The van der Waals surface area contributed by atoms with Gasteiger partial charge in [0, 0.05) is 18.2 Å². The molecule has 1 aliphatic rings. The van der Waals surface area contributed by atoms with Gasteiger partial charge in [0.05, 0.1) is 12.7 Å². The van der Waals surface area contributed by atoms with Gasteiger partial charge in [0.25, 0.3) is 0 Å². The second kappa shape index (κ2) is 5.57. The molecular weight excluding hydrogens is 208 g/mol. The largest absolute Gasteiger partial charge is 0.462 e. The predicted molar refractivity (Wildman–Crippen MR) is 55.9 cm³/mol. The molecule has 1 fully saturated rings. The van der Waals surface area contributed by atoms with Crippen LogP contribution in [-0.2, 0) is 14.3 Å². The van der Waals surface area contributed by atoms with E-state index in [0.29, 0.717) is 6.61 Å². The van der Waals surface area contributed by atoms with Crippen LogP contribution in [0.1, 0.15) is 6.42 Å². The number of thiol groups is 1. The molecule has 74 valence electrons. The second-order valence-corrected chi connectivity index (χ2v) is 4.47. The molecule has 0 amide bonds. The second-order valence-electron chi connectivity index (χ2n) is 2.56. The minimum absolute atomic E-state index is 0.0277. The molecule has 3 nitrogen and oxygen atoms in total. The highest BCUT2D eigenvalue weighted by atomic mass is 32.2. The lowest BCUT2D eigenvalue weighted by atomic mass is 10.3. The van der Waals surface area contributed by atoms with Gasteiger partial charge in [0.15, 0.2) is 0 Å². The fourth-order valence-corrected chi connectivity index (χ4v) is 2.22. The third kappa shape index (κ3) is 4.06. The minimum atomic E-state index is -0.381. The van der Waals surface area contributed by atoms with Gasteiger partial charge in [0.1, 0.15) is 4.77 Å². The van der Waals surface area contributed by atoms with Gasteiger partial charge >= 0.3 is 5.97 Å². The van der Waals surface area contributed by atoms with Crippen LogP contribution in [0.2, 0.25) is 0 Å². The Labute approximate surface area is 87.3 Å². The summed E-state index contributed by atoms with van der Waals surface area (Å²) in [6, 6.07) is 0. The molecular formula is C8H12O3S2. The van der Waals surface area contributed by atoms with Gasteiger partial charge in [0.2, 0.25) is 0 Å². The van der Waals surface area contributed by atoms with Crippen LogP contribution in [0.15, 0.2) is 12.7 Å². The molecule has 1 saturated heterocycles. The molecule has 0 saturated carbocycles. The SMILES string of the molecule is C=CC(=O)OCCC1CSC(S)O1. The number of carbonyl (C=O) groups excluding carboxylic acids is 1. The summed E-state index contributed by atoms with van der Waals surface area (Å²) in [5.41, 5.74) is 0. The molecule has 1 aliphatic heterocycles. The van der Waals surface area contributed by atoms with Gasteiger partial charge in [-0.15, -0.1) is 24.4 Å². The maximum atomic E-state index is 10.6. The lowest BCUT2D eigenvalue weighted by Gasteiger charge is -2.08. The molecule has 0 aromatic rings. The van der Waals surface area contributed by atoms with Crippen molar-refractivity contribution in [2.24, 2.45) is 0 Å². The minimum Gasteiger partial charge on any atom is -0.462 e. The van der Waals surface area contributed by atoms with E-state index in [0.717, 1.165) is 18.2 Å². The van der Waals surface area contributed by atoms with E-state index in [2.05, 4.69) is 19.2 Å². The van der Waals surface area contributed by atoms with Gasteiger partial charge in [-0.3, -0.25) is 0 Å². The predicted octanol–water partition coefficient (Wildman–Crippen LogP) is 1.45. The topological polar surface area (TPSA) is 35.5 Å². The number of ether oxygens (including phenoxy) is 2. The molecule has 2 atom stereocenters. The van der Waals surface area contributed by atoms with Crippen molar-refractivity contribution in [1.82, 2.24) is 0 Å². The van der Waals surface area contributed by atoms with E-state index in [1.165, 1.54) is 0 Å². The molecule has 0 spiro atoms. The van der Waals surface area contributed by atoms with E-state index in [1.54, 1.807) is 11.8 Å². The van der Waals surface area contributed by atoms with E-state index < -0.39 is 0 Å². The van der Waals surface area contributed by atoms with Crippen LogP contribution in [0.25, 0.3) is 0 Å². The Morgan fingerprint density at radius 1 is 1.85 bits per heavy atom. The summed E-state index contributed by atoms with van der Waals surface area (Å²) in [6.07, 6.45) is 2.04. The number of thioether (sulfide) groups is 1. The van der Waals surface area contributed by atoms with Crippen LogP contribution in [0.4, 0.5) is 0 Å². The van der Waals surface area contributed by atoms with Crippen molar-refractivity contribution in [3.8, 4) is 0 Å². The monoisotopic (exact) mass is 220 g/mol. The highest BCUT2D eigenvalue weighted by molar-refractivity contribution is 8.10. The molecule has 2 unspecified atom stereocenters. The van der Waals surface area contributed by atoms with Crippen molar-refractivity contribution >= 4 is 30.4 Å². The average molecular weight is 220 g/mol. The lowest BCUT2D eigenvalue weighted by molar-refractivity contribution is -0.138. The highest BCUT2D eigenvalue weighted by Crippen LogP contribution is 2.28. The zero-order valence-electron chi connectivity index (χ0n) is 7.14. The molecule has 1 rings (SSSR count). The maximum absolute atomic E-state index is 10.6. The van der Waals surface area contributed by atoms with E-state index >= 15 is 0 Å². The molecule has 0 N–H and O–H groups in total. The van der Waals surface area contributed by atoms with Crippen molar-refractivity contribution in [2.75, 3.05) is 12.4 Å². The Morgan fingerprint density at radius 3 is 3.15 bits per heavy atom. The van der Waals surface area contributed by atoms with Crippen LogP contribution in [0.3, 0.4) is 0 Å². The van der Waals surface area contributed by atoms with Gasteiger partial charge in [-0.2, -0.15) is 0 Å². The summed E-state index contributed by atoms with van der Waals surface area (Å²) in [4.78, 5) is 10.6. The van der Waals surface area contributed by atoms with Crippen LogP contribution >= 0.6 is 24.4 Å².